The first kappa shape index (κ1) is 10.1. The minimum Gasteiger partial charge on any atom is -0.353 e. The number of thioether (sulfide) groups is 1. The first-order valence-electron chi connectivity index (χ1n) is 2.92. The Kier molecular flexibility index (Phi) is 3.54. The van der Waals surface area contributed by atoms with Gasteiger partial charge < -0.3 is 4.90 Å². The van der Waals surface area contributed by atoms with Gasteiger partial charge >= 0.3 is 0 Å². The number of nitrogens with zero attached hydrogens (tertiary/aromatic N) is 2. The summed E-state index contributed by atoms with van der Waals surface area (Å²) in [5, 5.41) is 0.873. The largest absolute Gasteiger partial charge is 0.353 e. The van der Waals surface area contributed by atoms with Crippen LogP contribution in [0.1, 0.15) is 0 Å². The molecule has 0 aromatic heterocycles. The van der Waals surface area contributed by atoms with Crippen LogP contribution in [0, 0.1) is 0 Å². The van der Waals surface area contributed by atoms with E-state index in [9.17, 15) is 0 Å². The third kappa shape index (κ3) is 3.51. The van der Waals surface area contributed by atoms with Crippen LogP contribution in [0.3, 0.4) is 0 Å². The molecule has 0 saturated carbocycles. The molecular weight excluding hydrogens is 242 g/mol. The van der Waals surface area contributed by atoms with Crippen molar-refractivity contribution in [3.63, 3.8) is 0 Å². The molecule has 0 spiro atoms. The van der Waals surface area contributed by atoms with Gasteiger partial charge in [-0.1, -0.05) is 11.8 Å². The quantitative estimate of drug-likeness (QED) is 0.664. The lowest BCUT2D eigenvalue weighted by Gasteiger charge is -2.10. The number of rotatable bonds is 1. The number of halogens is 2. The van der Waals surface area contributed by atoms with E-state index in [1.807, 2.05) is 11.9 Å². The van der Waals surface area contributed by atoms with E-state index in [-0.39, 0.29) is 0 Å². The Bertz CT molecular complexity index is 226. The highest BCUT2D eigenvalue weighted by molar-refractivity contribution is 8.38. The fourth-order valence-electron chi connectivity index (χ4n) is 0.685. The first-order valence-corrected chi connectivity index (χ1v) is 8.47. The fourth-order valence-corrected chi connectivity index (χ4v) is 3.58. The van der Waals surface area contributed by atoms with E-state index in [4.69, 9.17) is 34.3 Å². The second-order valence-corrected chi connectivity index (χ2v) is 10.5. The third-order valence-electron chi connectivity index (χ3n) is 1.19. The van der Waals surface area contributed by atoms with Gasteiger partial charge in [-0.15, -0.1) is 0 Å². The maximum absolute atomic E-state index is 5.64. The molecule has 2 nitrogen and oxygen atoms in total. The molecule has 7 heteroatoms. The molecule has 1 aliphatic rings. The van der Waals surface area contributed by atoms with Crippen molar-refractivity contribution < 1.29 is 0 Å². The lowest BCUT2D eigenvalue weighted by molar-refractivity contribution is 0.565. The van der Waals surface area contributed by atoms with Crippen LogP contribution in [0.2, 0.25) is 0 Å². The summed E-state index contributed by atoms with van der Waals surface area (Å²) in [4.78, 5) is -0.439. The molecule has 0 N–H and O–H groups in total. The summed E-state index contributed by atoms with van der Waals surface area (Å²) >= 11 is 17.7. The fraction of sp³-hybridized carbons (Fsp3) is 0.750. The van der Waals surface area contributed by atoms with E-state index < -0.39 is 4.89 Å². The van der Waals surface area contributed by atoms with Crippen molar-refractivity contribution in [3.05, 3.63) is 0 Å². The number of hydrogen-bond donors (Lipinski definition) is 0. The van der Waals surface area contributed by atoms with Gasteiger partial charge in [-0.05, 0) is 34.3 Å². The predicted molar refractivity (Wildman–Crippen MR) is 58.5 cm³/mol. The summed E-state index contributed by atoms with van der Waals surface area (Å²) in [6, 6.07) is 0. The summed E-state index contributed by atoms with van der Waals surface area (Å²) in [6.45, 7) is 0.993. The minimum atomic E-state index is -2.45. The number of hydrogen-bond acceptors (Lipinski definition) is 2. The third-order valence-corrected chi connectivity index (χ3v) is 3.49. The monoisotopic (exact) mass is 248 g/mol. The predicted octanol–water partition coefficient (Wildman–Crippen LogP) is 2.72. The smallest absolute Gasteiger partial charge is 0.228 e. The lowest BCUT2D eigenvalue weighted by atomic mass is 10.7. The SMILES string of the molecule is CN1CCS/C1=N\P(=S)(Cl)Cl. The van der Waals surface area contributed by atoms with E-state index >= 15 is 0 Å². The van der Waals surface area contributed by atoms with Crippen LogP contribution in [0.25, 0.3) is 0 Å². The van der Waals surface area contributed by atoms with Crippen LogP contribution in [-0.4, -0.2) is 29.4 Å². The van der Waals surface area contributed by atoms with Crippen LogP contribution < -0.4 is 0 Å². The molecule has 1 saturated heterocycles. The molecule has 0 amide bonds. The summed E-state index contributed by atoms with van der Waals surface area (Å²) in [5.41, 5.74) is 0. The molecule has 1 aliphatic heterocycles. The molecule has 11 heavy (non-hydrogen) atoms. The summed E-state index contributed by atoms with van der Waals surface area (Å²) < 4.78 is 4.05. The number of amidine groups is 1. The normalized spacial score (nSPS) is 23.2. The Morgan fingerprint density at radius 2 is 2.36 bits per heavy atom. The highest BCUT2D eigenvalue weighted by atomic mass is 35.9. The van der Waals surface area contributed by atoms with Gasteiger partial charge in [-0.2, -0.15) is 4.76 Å². The van der Waals surface area contributed by atoms with Gasteiger partial charge in [0.25, 0.3) is 0 Å². The van der Waals surface area contributed by atoms with Crippen LogP contribution >= 0.6 is 39.1 Å². The van der Waals surface area contributed by atoms with Crippen LogP contribution in [0.15, 0.2) is 4.76 Å². The second-order valence-electron chi connectivity index (χ2n) is 2.09. The van der Waals surface area contributed by atoms with Gasteiger partial charge in [0, 0.05) is 19.3 Å². The zero-order valence-corrected chi connectivity index (χ0v) is 9.87. The molecule has 0 radical (unpaired) electrons. The maximum Gasteiger partial charge on any atom is 0.228 e. The molecule has 0 aromatic rings. The molecule has 0 aromatic carbocycles. The molecule has 1 rings (SSSR count). The van der Waals surface area contributed by atoms with Crippen LogP contribution in [0.5, 0.6) is 0 Å². The second kappa shape index (κ2) is 3.84. The first-order chi connectivity index (χ1) is 4.99. The molecule has 0 bridgehead atoms. The Morgan fingerprint density at radius 3 is 2.73 bits per heavy atom. The van der Waals surface area contributed by atoms with Gasteiger partial charge in [0.1, 0.15) is 0 Å². The Hall–Kier alpha value is 1.05. The molecule has 1 heterocycles. The topological polar surface area (TPSA) is 15.6 Å². The molecule has 1 fully saturated rings. The van der Waals surface area contributed by atoms with Gasteiger partial charge in [0.2, 0.25) is 4.89 Å². The standard InChI is InChI=1S/C4H7Cl2N2PS2/c1-8-2-3-11-4(8)7-9(5,6)10/h2-3H2,1H3/b7-4-. The van der Waals surface area contributed by atoms with Crippen molar-refractivity contribution in [2.45, 2.75) is 0 Å². The zero-order valence-electron chi connectivity index (χ0n) is 5.83. The molecule has 0 unspecified atom stereocenters. The van der Waals surface area contributed by atoms with E-state index in [0.717, 1.165) is 17.5 Å². The average Bonchev–Trinajstić information content (AvgIpc) is 2.12. The van der Waals surface area contributed by atoms with Gasteiger partial charge in [0.15, 0.2) is 5.17 Å². The summed E-state index contributed by atoms with van der Waals surface area (Å²) in [7, 11) is 1.96. The highest BCUT2D eigenvalue weighted by Gasteiger charge is 2.18. The van der Waals surface area contributed by atoms with E-state index in [1.54, 1.807) is 11.8 Å². The van der Waals surface area contributed by atoms with Crippen LogP contribution in [0.4, 0.5) is 0 Å². The van der Waals surface area contributed by atoms with Crippen LogP contribution in [-0.2, 0) is 11.8 Å². The van der Waals surface area contributed by atoms with E-state index in [0.29, 0.717) is 0 Å². The van der Waals surface area contributed by atoms with Gasteiger partial charge in [-0.3, -0.25) is 0 Å². The molecule has 64 valence electrons. The van der Waals surface area contributed by atoms with Crippen molar-refractivity contribution >= 4 is 56.1 Å². The van der Waals surface area contributed by atoms with Crippen molar-refractivity contribution in [2.75, 3.05) is 19.3 Å². The molecule has 0 atom stereocenters. The van der Waals surface area contributed by atoms with Crippen molar-refractivity contribution in [3.8, 4) is 0 Å². The lowest BCUT2D eigenvalue weighted by Crippen LogP contribution is -2.17. The van der Waals surface area contributed by atoms with Gasteiger partial charge in [0.05, 0.1) is 0 Å². The molecule has 0 aliphatic carbocycles. The molecular formula is C4H7Cl2N2PS2. The van der Waals surface area contributed by atoms with Crippen molar-refractivity contribution in [1.29, 1.82) is 0 Å². The van der Waals surface area contributed by atoms with Crippen molar-refractivity contribution in [1.82, 2.24) is 4.90 Å². The van der Waals surface area contributed by atoms with Gasteiger partial charge in [-0.25, -0.2) is 0 Å². The maximum atomic E-state index is 5.64. The zero-order chi connectivity index (χ0) is 8.48. The summed E-state index contributed by atoms with van der Waals surface area (Å²) in [6.07, 6.45) is 0. The minimum absolute atomic E-state index is 0.873. The average molecular weight is 249 g/mol. The summed E-state index contributed by atoms with van der Waals surface area (Å²) in [5.74, 6) is 1.04. The Labute approximate surface area is 85.0 Å². The highest BCUT2D eigenvalue weighted by Crippen LogP contribution is 2.59. The Morgan fingerprint density at radius 1 is 1.73 bits per heavy atom. The Balaban J connectivity index is 2.74. The van der Waals surface area contributed by atoms with Crippen molar-refractivity contribution in [2.24, 2.45) is 4.76 Å². The van der Waals surface area contributed by atoms with E-state index in [1.165, 1.54) is 0 Å². The van der Waals surface area contributed by atoms with E-state index in [2.05, 4.69) is 4.76 Å².